The third-order valence-corrected chi connectivity index (χ3v) is 3.94. The maximum Gasteiger partial charge on any atom is 0.417 e. The number of aliphatic imine (C=N–C) groups is 1. The highest BCUT2D eigenvalue weighted by atomic mass is 32.2. The molecule has 0 saturated heterocycles. The maximum absolute atomic E-state index is 13.4. The van der Waals surface area contributed by atoms with Crippen LogP contribution in [0.3, 0.4) is 0 Å². The van der Waals surface area contributed by atoms with Crippen molar-refractivity contribution in [2.24, 2.45) is 10.7 Å². The Labute approximate surface area is 215 Å². The van der Waals surface area contributed by atoms with Gasteiger partial charge >= 0.3 is 6.18 Å². The molecule has 3 rings (SSSR count). The monoisotopic (exact) mass is 586 g/mol. The third-order valence-electron chi connectivity index (χ3n) is 3.94. The summed E-state index contributed by atoms with van der Waals surface area (Å²) in [5, 5.41) is 2.28. The van der Waals surface area contributed by atoms with Crippen molar-refractivity contribution < 1.29 is 48.6 Å². The molecular formula is C19H25F3N6O8S2. The molecule has 212 valence electrons. The fourth-order valence-electron chi connectivity index (χ4n) is 2.58. The lowest BCUT2D eigenvalue weighted by molar-refractivity contribution is -0.136. The van der Waals surface area contributed by atoms with Crippen LogP contribution in [0.25, 0.3) is 10.9 Å². The van der Waals surface area contributed by atoms with Gasteiger partial charge in [0.15, 0.2) is 5.96 Å². The van der Waals surface area contributed by atoms with Crippen LogP contribution >= 0.6 is 0 Å². The molecule has 0 aliphatic heterocycles. The smallest absolute Gasteiger partial charge is 0.417 e. The minimum absolute atomic E-state index is 0.0574. The number of aromatic amines is 1. The van der Waals surface area contributed by atoms with Crippen molar-refractivity contribution >= 4 is 43.0 Å². The van der Waals surface area contributed by atoms with Crippen LogP contribution in [0.15, 0.2) is 41.9 Å². The van der Waals surface area contributed by atoms with E-state index in [1.807, 2.05) is 0 Å². The van der Waals surface area contributed by atoms with E-state index in [9.17, 15) is 34.8 Å². The molecule has 38 heavy (non-hydrogen) atoms. The van der Waals surface area contributed by atoms with E-state index in [-0.39, 0.29) is 34.9 Å². The van der Waals surface area contributed by atoms with Crippen molar-refractivity contribution in [1.29, 1.82) is 0 Å². The molecule has 0 radical (unpaired) electrons. The van der Waals surface area contributed by atoms with Crippen LogP contribution in [-0.4, -0.2) is 78.5 Å². The Morgan fingerprint density at radius 1 is 1.21 bits per heavy atom. The predicted octanol–water partition coefficient (Wildman–Crippen LogP) is 1.14. The molecule has 0 fully saturated rings. The normalized spacial score (nSPS) is 12.2. The summed E-state index contributed by atoms with van der Waals surface area (Å²) < 4.78 is 99.2. The van der Waals surface area contributed by atoms with Gasteiger partial charge in [0.25, 0.3) is 26.1 Å². The molecule has 1 amide bonds. The van der Waals surface area contributed by atoms with E-state index in [4.69, 9.17) is 19.6 Å². The number of hydrogen-bond acceptors (Lipinski definition) is 7. The molecule has 0 aliphatic rings. The van der Waals surface area contributed by atoms with Gasteiger partial charge in [-0.2, -0.15) is 35.0 Å². The van der Waals surface area contributed by atoms with Crippen molar-refractivity contribution in [3.05, 3.63) is 48.2 Å². The third kappa shape index (κ3) is 12.5. The first-order valence-corrected chi connectivity index (χ1v) is 13.7. The quantitative estimate of drug-likeness (QED) is 0.162. The summed E-state index contributed by atoms with van der Waals surface area (Å²) in [4.78, 5) is 22.3. The number of alkyl halides is 3. The van der Waals surface area contributed by atoms with Crippen LogP contribution < -0.4 is 15.8 Å². The molecule has 0 aliphatic carbocycles. The molecule has 0 saturated carbocycles. The van der Waals surface area contributed by atoms with Gasteiger partial charge in [-0.15, -0.1) is 0 Å². The molecular weight excluding hydrogens is 561 g/mol. The van der Waals surface area contributed by atoms with Gasteiger partial charge in [-0.3, -0.25) is 13.9 Å². The first kappa shape index (κ1) is 32.3. The zero-order valence-corrected chi connectivity index (χ0v) is 21.7. The summed E-state index contributed by atoms with van der Waals surface area (Å²) in [6.07, 6.45) is 1.78. The number of carbonyl (C=O) groups excluding carboxylic acids is 1. The number of nitrogens with one attached hydrogen (secondary N) is 2. The standard InChI is InChI=1S/C17H17F3N6O2.2CH4O3S/c1-22-16(21)25-15(27)12-8-10-11(17(18,19)20)2-3-13(14(10)24-12)28-7-6-26-5-4-23-9-26;2*1-5(2,3)4/h2-5,8-9,24H,6-7H2,1H3,(H3,21,22,25,27);2*1H3,(H,2,3,4). The summed E-state index contributed by atoms with van der Waals surface area (Å²) in [6.45, 7) is 0.655. The number of hydrogen-bond donors (Lipinski definition) is 5. The van der Waals surface area contributed by atoms with E-state index in [0.29, 0.717) is 19.1 Å². The van der Waals surface area contributed by atoms with Gasteiger partial charge in [0.05, 0.1) is 36.5 Å². The maximum atomic E-state index is 13.4. The summed E-state index contributed by atoms with van der Waals surface area (Å²) in [7, 11) is -5.87. The van der Waals surface area contributed by atoms with Crippen molar-refractivity contribution in [1.82, 2.24) is 19.9 Å². The average molecular weight is 587 g/mol. The summed E-state index contributed by atoms with van der Waals surface area (Å²) in [5.41, 5.74) is 4.48. The molecule has 0 spiro atoms. The molecule has 3 aromatic rings. The van der Waals surface area contributed by atoms with Crippen molar-refractivity contribution in [2.45, 2.75) is 12.7 Å². The van der Waals surface area contributed by atoms with E-state index in [2.05, 4.69) is 20.3 Å². The number of guanidine groups is 1. The van der Waals surface area contributed by atoms with E-state index < -0.39 is 37.9 Å². The number of nitrogens with zero attached hydrogens (tertiary/aromatic N) is 3. The van der Waals surface area contributed by atoms with Crippen LogP contribution in [0.2, 0.25) is 0 Å². The molecule has 2 heterocycles. The number of ether oxygens (including phenoxy) is 1. The van der Waals surface area contributed by atoms with Gasteiger partial charge in [0.2, 0.25) is 0 Å². The molecule has 1 aromatic carbocycles. The Bertz CT molecular complexity index is 1420. The molecule has 19 heteroatoms. The minimum atomic E-state index is -4.59. The lowest BCUT2D eigenvalue weighted by Gasteiger charge is -2.12. The number of benzene rings is 1. The number of fused-ring (bicyclic) bond motifs is 1. The number of halogens is 3. The molecule has 2 aromatic heterocycles. The zero-order chi connectivity index (χ0) is 29.3. The molecule has 0 unspecified atom stereocenters. The van der Waals surface area contributed by atoms with Gasteiger partial charge < -0.3 is 25.3 Å². The van der Waals surface area contributed by atoms with Gasteiger partial charge in [0, 0.05) is 24.8 Å². The Morgan fingerprint density at radius 3 is 2.26 bits per heavy atom. The fraction of sp³-hybridized carbons (Fsp3) is 0.316. The summed E-state index contributed by atoms with van der Waals surface area (Å²) >= 11 is 0. The highest BCUT2D eigenvalue weighted by Crippen LogP contribution is 2.38. The van der Waals surface area contributed by atoms with Gasteiger partial charge in [-0.1, -0.05) is 0 Å². The highest BCUT2D eigenvalue weighted by molar-refractivity contribution is 7.85. The lowest BCUT2D eigenvalue weighted by atomic mass is 10.1. The van der Waals surface area contributed by atoms with Crippen LogP contribution in [0, 0.1) is 0 Å². The fourth-order valence-corrected chi connectivity index (χ4v) is 2.58. The second kappa shape index (κ2) is 13.2. The number of imidazole rings is 1. The number of aromatic nitrogens is 3. The van der Waals surface area contributed by atoms with E-state index >= 15 is 0 Å². The largest absolute Gasteiger partial charge is 0.490 e. The van der Waals surface area contributed by atoms with Crippen LogP contribution in [0.4, 0.5) is 13.2 Å². The van der Waals surface area contributed by atoms with Crippen LogP contribution in [0.1, 0.15) is 16.1 Å². The van der Waals surface area contributed by atoms with Crippen molar-refractivity contribution in [2.75, 3.05) is 26.2 Å². The van der Waals surface area contributed by atoms with E-state index in [0.717, 1.165) is 12.1 Å². The van der Waals surface area contributed by atoms with Crippen LogP contribution in [0.5, 0.6) is 5.75 Å². The lowest BCUT2D eigenvalue weighted by Crippen LogP contribution is -2.28. The Morgan fingerprint density at radius 2 is 1.79 bits per heavy atom. The predicted molar refractivity (Wildman–Crippen MR) is 131 cm³/mol. The Hall–Kier alpha value is -3.68. The number of carbonyl (C=O) groups is 1. The minimum Gasteiger partial charge on any atom is -0.490 e. The second-order valence-corrected chi connectivity index (χ2v) is 10.2. The highest BCUT2D eigenvalue weighted by Gasteiger charge is 2.34. The van der Waals surface area contributed by atoms with Gasteiger partial charge in [-0.25, -0.2) is 4.98 Å². The van der Waals surface area contributed by atoms with E-state index in [1.165, 1.54) is 13.1 Å². The zero-order valence-electron chi connectivity index (χ0n) is 20.1. The first-order chi connectivity index (χ1) is 17.3. The topological polar surface area (TPSA) is 219 Å². The Kier molecular flexibility index (Phi) is 11.3. The molecule has 0 atom stereocenters. The van der Waals surface area contributed by atoms with Crippen molar-refractivity contribution in [3.8, 4) is 5.75 Å². The number of H-pyrrole nitrogens is 1. The number of rotatable bonds is 5. The van der Waals surface area contributed by atoms with Crippen LogP contribution in [-0.2, 0) is 33.0 Å². The second-order valence-electron chi connectivity index (χ2n) is 7.25. The van der Waals surface area contributed by atoms with Gasteiger partial charge in [-0.05, 0) is 18.2 Å². The molecule has 6 N–H and O–H groups in total. The van der Waals surface area contributed by atoms with Crippen molar-refractivity contribution in [3.63, 3.8) is 0 Å². The van der Waals surface area contributed by atoms with Gasteiger partial charge in [0.1, 0.15) is 18.1 Å². The molecule has 14 nitrogen and oxygen atoms in total. The number of nitrogens with two attached hydrogens (primary N) is 1. The first-order valence-electron chi connectivity index (χ1n) is 10.0. The summed E-state index contributed by atoms with van der Waals surface area (Å²) in [5.74, 6) is -0.773. The molecule has 0 bridgehead atoms. The Balaban J connectivity index is 0.000000616. The average Bonchev–Trinajstić information content (AvgIpc) is 3.40. The number of amides is 1. The SMILES string of the molecule is CNC(N)=NC(=O)c1cc2c(C(F)(F)F)ccc(OCCn3ccnc3)c2[nH]1.CS(=O)(=O)O.CS(=O)(=O)O. The van der Waals surface area contributed by atoms with E-state index in [1.54, 1.807) is 23.3 Å². The summed E-state index contributed by atoms with van der Waals surface area (Å²) in [6, 6.07) is 3.23.